The number of fused-ring (bicyclic) bond motifs is 1. The Morgan fingerprint density at radius 2 is 2.23 bits per heavy atom. The molecular formula is C19H24FN3O3. The van der Waals surface area contributed by atoms with Crippen molar-refractivity contribution in [1.29, 1.82) is 0 Å². The second-order valence-electron chi connectivity index (χ2n) is 6.87. The summed E-state index contributed by atoms with van der Waals surface area (Å²) in [5.41, 5.74) is 0.328. The molecular weight excluding hydrogens is 337 g/mol. The molecule has 7 heteroatoms. The van der Waals surface area contributed by atoms with Gasteiger partial charge < -0.3 is 19.5 Å². The molecule has 1 aromatic carbocycles. The van der Waals surface area contributed by atoms with Crippen molar-refractivity contribution in [2.45, 2.75) is 6.42 Å². The summed E-state index contributed by atoms with van der Waals surface area (Å²) in [7, 11) is 3.42. The summed E-state index contributed by atoms with van der Waals surface area (Å²) in [6, 6.07) is 5.28. The summed E-state index contributed by atoms with van der Waals surface area (Å²) in [6.45, 7) is 4.11. The molecule has 0 saturated carbocycles. The van der Waals surface area contributed by atoms with Gasteiger partial charge in [0.25, 0.3) is 5.91 Å². The standard InChI is InChI=1S/C19H24FN3O3/c1-22(11-13-5-6-23(12-13)7-8-26-2)19(25)16-10-18(24)21-17-4-3-14(20)9-15(16)17/h3-4,9-10,13H,5-8,11-12H2,1-2H3,(H,21,24)/t13-/m1/s1. The second kappa shape index (κ2) is 7.97. The van der Waals surface area contributed by atoms with E-state index < -0.39 is 5.82 Å². The van der Waals surface area contributed by atoms with Crippen LogP contribution in [0.1, 0.15) is 16.8 Å². The van der Waals surface area contributed by atoms with E-state index in [0.717, 1.165) is 26.1 Å². The summed E-state index contributed by atoms with van der Waals surface area (Å²) in [4.78, 5) is 31.3. The van der Waals surface area contributed by atoms with Gasteiger partial charge in [-0.15, -0.1) is 0 Å². The number of halogens is 1. The van der Waals surface area contributed by atoms with Gasteiger partial charge in [0, 0.05) is 50.8 Å². The topological polar surface area (TPSA) is 65.6 Å². The van der Waals surface area contributed by atoms with E-state index in [1.54, 1.807) is 19.1 Å². The average molecular weight is 361 g/mol. The number of hydrogen-bond acceptors (Lipinski definition) is 4. The third-order valence-corrected chi connectivity index (χ3v) is 4.90. The number of benzene rings is 1. The molecule has 1 saturated heterocycles. The summed E-state index contributed by atoms with van der Waals surface area (Å²) in [5.74, 6) is -0.321. The number of methoxy groups -OCH3 is 1. The molecule has 2 aromatic rings. The van der Waals surface area contributed by atoms with Gasteiger partial charge in [-0.25, -0.2) is 4.39 Å². The van der Waals surface area contributed by atoms with Crippen molar-refractivity contribution in [3.63, 3.8) is 0 Å². The molecule has 1 aliphatic heterocycles. The lowest BCUT2D eigenvalue weighted by atomic mass is 10.1. The number of nitrogens with zero attached hydrogens (tertiary/aromatic N) is 2. The Hall–Kier alpha value is -2.25. The van der Waals surface area contributed by atoms with E-state index in [4.69, 9.17) is 4.74 Å². The van der Waals surface area contributed by atoms with Gasteiger partial charge >= 0.3 is 0 Å². The highest BCUT2D eigenvalue weighted by Crippen LogP contribution is 2.21. The highest BCUT2D eigenvalue weighted by atomic mass is 19.1. The lowest BCUT2D eigenvalue weighted by Crippen LogP contribution is -2.34. The zero-order chi connectivity index (χ0) is 18.7. The highest BCUT2D eigenvalue weighted by Gasteiger charge is 2.25. The molecule has 26 heavy (non-hydrogen) atoms. The molecule has 3 rings (SSSR count). The summed E-state index contributed by atoms with van der Waals surface area (Å²) in [5, 5.41) is 0.426. The number of ether oxygens (including phenoxy) is 1. The van der Waals surface area contributed by atoms with Crippen LogP contribution in [0.15, 0.2) is 29.1 Å². The van der Waals surface area contributed by atoms with Gasteiger partial charge in [0.2, 0.25) is 5.56 Å². The van der Waals surface area contributed by atoms with Crippen molar-refractivity contribution in [3.05, 3.63) is 46.0 Å². The van der Waals surface area contributed by atoms with Crippen molar-refractivity contribution >= 4 is 16.8 Å². The van der Waals surface area contributed by atoms with Crippen LogP contribution in [0.3, 0.4) is 0 Å². The molecule has 0 unspecified atom stereocenters. The van der Waals surface area contributed by atoms with Crippen molar-refractivity contribution < 1.29 is 13.9 Å². The molecule has 140 valence electrons. The van der Waals surface area contributed by atoms with Gasteiger partial charge in [-0.2, -0.15) is 0 Å². The van der Waals surface area contributed by atoms with Gasteiger partial charge in [0.1, 0.15) is 5.82 Å². The Morgan fingerprint density at radius 3 is 3.00 bits per heavy atom. The first-order valence-electron chi connectivity index (χ1n) is 8.77. The van der Waals surface area contributed by atoms with E-state index in [9.17, 15) is 14.0 Å². The number of nitrogens with one attached hydrogen (secondary N) is 1. The maximum atomic E-state index is 13.6. The SMILES string of the molecule is COCCN1CC[C@H](CN(C)C(=O)c2cc(=O)[nH]c3ccc(F)cc23)C1. The maximum Gasteiger partial charge on any atom is 0.254 e. The van der Waals surface area contributed by atoms with Crippen LogP contribution in [0, 0.1) is 11.7 Å². The van der Waals surface area contributed by atoms with Gasteiger partial charge in [-0.05, 0) is 37.1 Å². The Balaban J connectivity index is 1.74. The number of amides is 1. The molecule has 0 aliphatic carbocycles. The number of pyridine rings is 1. The molecule has 0 spiro atoms. The van der Waals surface area contributed by atoms with Crippen LogP contribution < -0.4 is 5.56 Å². The third kappa shape index (κ3) is 4.11. The Labute approximate surface area is 151 Å². The Bertz CT molecular complexity index is 852. The van der Waals surface area contributed by atoms with Crippen LogP contribution in [0.4, 0.5) is 4.39 Å². The summed E-state index contributed by atoms with van der Waals surface area (Å²) >= 11 is 0. The first-order chi connectivity index (χ1) is 12.5. The molecule has 0 radical (unpaired) electrons. The van der Waals surface area contributed by atoms with Crippen molar-refractivity contribution in [2.75, 3.05) is 46.9 Å². The first-order valence-corrected chi connectivity index (χ1v) is 8.77. The van der Waals surface area contributed by atoms with Gasteiger partial charge in [-0.1, -0.05) is 0 Å². The van der Waals surface area contributed by atoms with Gasteiger partial charge in [0.15, 0.2) is 0 Å². The lowest BCUT2D eigenvalue weighted by Gasteiger charge is -2.22. The summed E-state index contributed by atoms with van der Waals surface area (Å²) in [6.07, 6.45) is 1.02. The molecule has 2 heterocycles. The molecule has 1 amide bonds. The number of hydrogen-bond donors (Lipinski definition) is 1. The number of aromatic nitrogens is 1. The van der Waals surface area contributed by atoms with Crippen LogP contribution in [0.2, 0.25) is 0 Å². The predicted molar refractivity (Wildman–Crippen MR) is 97.9 cm³/mol. The number of carbonyl (C=O) groups is 1. The molecule has 1 aliphatic rings. The van der Waals surface area contributed by atoms with Crippen LogP contribution in [-0.4, -0.2) is 67.6 Å². The maximum absolute atomic E-state index is 13.6. The number of likely N-dealkylation sites (tertiary alicyclic amines) is 1. The minimum atomic E-state index is -0.439. The van der Waals surface area contributed by atoms with E-state index in [0.29, 0.717) is 30.0 Å². The first kappa shape index (κ1) is 18.5. The normalized spacial score (nSPS) is 17.7. The number of H-pyrrole nitrogens is 1. The number of rotatable bonds is 6. The zero-order valence-electron chi connectivity index (χ0n) is 15.1. The molecule has 1 N–H and O–H groups in total. The number of aromatic amines is 1. The average Bonchev–Trinajstić information content (AvgIpc) is 3.06. The quantitative estimate of drug-likeness (QED) is 0.851. The number of carbonyl (C=O) groups excluding carboxylic acids is 1. The van der Waals surface area contributed by atoms with E-state index >= 15 is 0 Å². The fraction of sp³-hybridized carbons (Fsp3) is 0.474. The van der Waals surface area contributed by atoms with Crippen LogP contribution >= 0.6 is 0 Å². The van der Waals surface area contributed by atoms with E-state index in [-0.39, 0.29) is 17.0 Å². The van der Waals surface area contributed by atoms with Crippen molar-refractivity contribution in [1.82, 2.24) is 14.8 Å². The zero-order valence-corrected chi connectivity index (χ0v) is 15.1. The Kier molecular flexibility index (Phi) is 5.68. The van der Waals surface area contributed by atoms with Crippen molar-refractivity contribution in [3.8, 4) is 0 Å². The smallest absolute Gasteiger partial charge is 0.254 e. The fourth-order valence-corrected chi connectivity index (χ4v) is 3.56. The second-order valence-corrected chi connectivity index (χ2v) is 6.87. The molecule has 1 aromatic heterocycles. The van der Waals surface area contributed by atoms with Crippen LogP contribution in [0.5, 0.6) is 0 Å². The van der Waals surface area contributed by atoms with Crippen LogP contribution in [0.25, 0.3) is 10.9 Å². The predicted octanol–water partition coefficient (Wildman–Crippen LogP) is 1.71. The fourth-order valence-electron chi connectivity index (χ4n) is 3.56. The minimum absolute atomic E-state index is 0.236. The molecule has 6 nitrogen and oxygen atoms in total. The van der Waals surface area contributed by atoms with E-state index in [1.165, 1.54) is 24.3 Å². The monoisotopic (exact) mass is 361 g/mol. The highest BCUT2D eigenvalue weighted by molar-refractivity contribution is 6.05. The third-order valence-electron chi connectivity index (χ3n) is 4.90. The molecule has 1 fully saturated rings. The summed E-state index contributed by atoms with van der Waals surface area (Å²) < 4.78 is 18.7. The van der Waals surface area contributed by atoms with Crippen molar-refractivity contribution in [2.24, 2.45) is 5.92 Å². The minimum Gasteiger partial charge on any atom is -0.383 e. The van der Waals surface area contributed by atoms with E-state index in [2.05, 4.69) is 9.88 Å². The molecule has 0 bridgehead atoms. The van der Waals surface area contributed by atoms with E-state index in [1.807, 2.05) is 0 Å². The Morgan fingerprint density at radius 1 is 1.42 bits per heavy atom. The largest absolute Gasteiger partial charge is 0.383 e. The van der Waals surface area contributed by atoms with Crippen LogP contribution in [-0.2, 0) is 4.74 Å². The van der Waals surface area contributed by atoms with Gasteiger partial charge in [0.05, 0.1) is 12.2 Å². The molecule has 1 atom stereocenters. The lowest BCUT2D eigenvalue weighted by molar-refractivity contribution is 0.0773. The van der Waals surface area contributed by atoms with Gasteiger partial charge in [-0.3, -0.25) is 9.59 Å².